The SMILES string of the molecule is CC(C)n1ccc(Cn2ccc3ccc(CCN)cc32)n1. The summed E-state index contributed by atoms with van der Waals surface area (Å²) in [6.07, 6.45) is 5.10. The second-order valence-electron chi connectivity index (χ2n) is 5.76. The van der Waals surface area contributed by atoms with Gasteiger partial charge in [-0.25, -0.2) is 0 Å². The van der Waals surface area contributed by atoms with Crippen LogP contribution in [0.1, 0.15) is 31.1 Å². The van der Waals surface area contributed by atoms with Crippen molar-refractivity contribution in [3.05, 3.63) is 54.0 Å². The molecule has 0 atom stereocenters. The summed E-state index contributed by atoms with van der Waals surface area (Å²) in [5.74, 6) is 0. The van der Waals surface area contributed by atoms with Crippen molar-refractivity contribution in [2.45, 2.75) is 32.9 Å². The third-order valence-corrected chi connectivity index (χ3v) is 3.80. The van der Waals surface area contributed by atoms with Gasteiger partial charge in [-0.15, -0.1) is 0 Å². The minimum absolute atomic E-state index is 0.399. The van der Waals surface area contributed by atoms with Crippen molar-refractivity contribution in [3.63, 3.8) is 0 Å². The van der Waals surface area contributed by atoms with Crippen molar-refractivity contribution in [2.75, 3.05) is 6.54 Å². The molecule has 110 valence electrons. The van der Waals surface area contributed by atoms with Crippen LogP contribution in [0.2, 0.25) is 0 Å². The maximum Gasteiger partial charge on any atom is 0.0821 e. The fourth-order valence-corrected chi connectivity index (χ4v) is 2.61. The second-order valence-corrected chi connectivity index (χ2v) is 5.76. The highest BCUT2D eigenvalue weighted by molar-refractivity contribution is 5.80. The average molecular weight is 282 g/mol. The molecule has 4 nitrogen and oxygen atoms in total. The monoisotopic (exact) mass is 282 g/mol. The van der Waals surface area contributed by atoms with Gasteiger partial charge in [0.05, 0.1) is 12.2 Å². The lowest BCUT2D eigenvalue weighted by Gasteiger charge is -2.06. The van der Waals surface area contributed by atoms with Crippen LogP contribution in [0.5, 0.6) is 0 Å². The van der Waals surface area contributed by atoms with Crippen LogP contribution in [0.3, 0.4) is 0 Å². The molecule has 1 aromatic carbocycles. The molecular formula is C17H22N4. The molecule has 0 aliphatic heterocycles. The summed E-state index contributed by atoms with van der Waals surface area (Å²) in [7, 11) is 0. The van der Waals surface area contributed by atoms with Gasteiger partial charge in [0.2, 0.25) is 0 Å². The smallest absolute Gasteiger partial charge is 0.0821 e. The van der Waals surface area contributed by atoms with E-state index in [0.717, 1.165) is 18.7 Å². The van der Waals surface area contributed by atoms with E-state index >= 15 is 0 Å². The number of aromatic nitrogens is 3. The molecule has 2 N–H and O–H groups in total. The van der Waals surface area contributed by atoms with E-state index in [4.69, 9.17) is 5.73 Å². The summed E-state index contributed by atoms with van der Waals surface area (Å²) in [6.45, 7) is 5.77. The zero-order chi connectivity index (χ0) is 14.8. The molecule has 0 radical (unpaired) electrons. The van der Waals surface area contributed by atoms with E-state index < -0.39 is 0 Å². The highest BCUT2D eigenvalue weighted by Crippen LogP contribution is 2.19. The molecule has 0 amide bonds. The molecule has 2 aromatic heterocycles. The van der Waals surface area contributed by atoms with E-state index in [1.807, 2.05) is 10.9 Å². The van der Waals surface area contributed by atoms with Crippen molar-refractivity contribution in [3.8, 4) is 0 Å². The molecular weight excluding hydrogens is 260 g/mol. The third kappa shape index (κ3) is 2.85. The number of nitrogens with two attached hydrogens (primary N) is 1. The maximum absolute atomic E-state index is 5.65. The van der Waals surface area contributed by atoms with Crippen LogP contribution in [-0.4, -0.2) is 20.9 Å². The van der Waals surface area contributed by atoms with Gasteiger partial charge in [-0.1, -0.05) is 12.1 Å². The second kappa shape index (κ2) is 5.74. The molecule has 0 spiro atoms. The Morgan fingerprint density at radius 3 is 2.71 bits per heavy atom. The molecule has 2 heterocycles. The number of rotatable bonds is 5. The third-order valence-electron chi connectivity index (χ3n) is 3.80. The molecule has 0 saturated heterocycles. The fraction of sp³-hybridized carbons (Fsp3) is 0.353. The van der Waals surface area contributed by atoms with Crippen molar-refractivity contribution in [1.29, 1.82) is 0 Å². The number of hydrogen-bond acceptors (Lipinski definition) is 2. The normalized spacial score (nSPS) is 11.6. The molecule has 0 saturated carbocycles. The predicted octanol–water partition coefficient (Wildman–Crippen LogP) is 2.97. The Balaban J connectivity index is 1.90. The number of hydrogen-bond donors (Lipinski definition) is 1. The zero-order valence-corrected chi connectivity index (χ0v) is 12.7. The van der Waals surface area contributed by atoms with Crippen molar-refractivity contribution < 1.29 is 0 Å². The van der Waals surface area contributed by atoms with Gasteiger partial charge in [0, 0.05) is 24.0 Å². The molecule has 0 unspecified atom stereocenters. The van der Waals surface area contributed by atoms with Crippen LogP contribution in [0.15, 0.2) is 42.7 Å². The molecule has 4 heteroatoms. The first-order chi connectivity index (χ1) is 10.2. The van der Waals surface area contributed by atoms with E-state index in [1.54, 1.807) is 0 Å². The summed E-state index contributed by atoms with van der Waals surface area (Å²) in [5.41, 5.74) is 9.28. The van der Waals surface area contributed by atoms with Gasteiger partial charge in [-0.3, -0.25) is 4.68 Å². The van der Waals surface area contributed by atoms with Crippen molar-refractivity contribution in [2.24, 2.45) is 5.73 Å². The molecule has 3 aromatic rings. The van der Waals surface area contributed by atoms with Crippen LogP contribution >= 0.6 is 0 Å². The summed E-state index contributed by atoms with van der Waals surface area (Å²) in [4.78, 5) is 0. The van der Waals surface area contributed by atoms with E-state index in [-0.39, 0.29) is 0 Å². The Bertz CT molecular complexity index is 736. The van der Waals surface area contributed by atoms with Crippen molar-refractivity contribution in [1.82, 2.24) is 14.3 Å². The number of nitrogens with zero attached hydrogens (tertiary/aromatic N) is 3. The Morgan fingerprint density at radius 2 is 2.00 bits per heavy atom. The quantitative estimate of drug-likeness (QED) is 0.782. The first-order valence-corrected chi connectivity index (χ1v) is 7.49. The lowest BCUT2D eigenvalue weighted by atomic mass is 10.1. The van der Waals surface area contributed by atoms with Gasteiger partial charge in [-0.05, 0) is 56.0 Å². The van der Waals surface area contributed by atoms with E-state index in [0.29, 0.717) is 12.6 Å². The largest absolute Gasteiger partial charge is 0.341 e. The lowest BCUT2D eigenvalue weighted by molar-refractivity contribution is 0.524. The van der Waals surface area contributed by atoms with Crippen LogP contribution in [0.25, 0.3) is 10.9 Å². The molecule has 0 fully saturated rings. The minimum atomic E-state index is 0.399. The molecule has 0 aliphatic rings. The molecule has 21 heavy (non-hydrogen) atoms. The first-order valence-electron chi connectivity index (χ1n) is 7.49. The summed E-state index contributed by atoms with van der Waals surface area (Å²) in [5, 5.41) is 5.89. The number of benzene rings is 1. The molecule has 3 rings (SSSR count). The van der Waals surface area contributed by atoms with E-state index in [2.05, 4.69) is 60.0 Å². The van der Waals surface area contributed by atoms with E-state index in [9.17, 15) is 0 Å². The van der Waals surface area contributed by atoms with Gasteiger partial charge in [-0.2, -0.15) is 5.10 Å². The highest BCUT2D eigenvalue weighted by atomic mass is 15.3. The molecule has 0 aliphatic carbocycles. The van der Waals surface area contributed by atoms with Crippen LogP contribution in [0, 0.1) is 0 Å². The predicted molar refractivity (Wildman–Crippen MR) is 86.4 cm³/mol. The Morgan fingerprint density at radius 1 is 1.14 bits per heavy atom. The number of fused-ring (bicyclic) bond motifs is 1. The average Bonchev–Trinajstić information content (AvgIpc) is 3.07. The fourth-order valence-electron chi connectivity index (χ4n) is 2.61. The van der Waals surface area contributed by atoms with E-state index in [1.165, 1.54) is 16.5 Å². The van der Waals surface area contributed by atoms with Gasteiger partial charge < -0.3 is 10.3 Å². The molecule has 0 bridgehead atoms. The Hall–Kier alpha value is -2.07. The summed E-state index contributed by atoms with van der Waals surface area (Å²) >= 11 is 0. The Kier molecular flexibility index (Phi) is 3.80. The van der Waals surface area contributed by atoms with Crippen LogP contribution in [-0.2, 0) is 13.0 Å². The van der Waals surface area contributed by atoms with Gasteiger partial charge >= 0.3 is 0 Å². The maximum atomic E-state index is 5.65. The topological polar surface area (TPSA) is 48.8 Å². The van der Waals surface area contributed by atoms with Crippen LogP contribution < -0.4 is 5.73 Å². The van der Waals surface area contributed by atoms with Crippen LogP contribution in [0.4, 0.5) is 0 Å². The summed E-state index contributed by atoms with van der Waals surface area (Å²) in [6, 6.07) is 11.2. The Labute approximate surface area is 125 Å². The van der Waals surface area contributed by atoms with Gasteiger partial charge in [0.25, 0.3) is 0 Å². The standard InChI is InChI=1S/C17H22N4/c1-13(2)21-10-7-16(19-21)12-20-9-6-15-4-3-14(5-8-18)11-17(15)20/h3-4,6-7,9-11,13H,5,8,12,18H2,1-2H3. The highest BCUT2D eigenvalue weighted by Gasteiger charge is 2.06. The first kappa shape index (κ1) is 13.9. The zero-order valence-electron chi connectivity index (χ0n) is 12.7. The van der Waals surface area contributed by atoms with Gasteiger partial charge in [0.1, 0.15) is 0 Å². The van der Waals surface area contributed by atoms with Gasteiger partial charge in [0.15, 0.2) is 0 Å². The lowest BCUT2D eigenvalue weighted by Crippen LogP contribution is -2.05. The summed E-state index contributed by atoms with van der Waals surface area (Å²) < 4.78 is 4.25. The van der Waals surface area contributed by atoms with Crippen molar-refractivity contribution >= 4 is 10.9 Å². The minimum Gasteiger partial charge on any atom is -0.341 e.